The zero-order chi connectivity index (χ0) is 20.1. The smallest absolute Gasteiger partial charge is 0.226 e. The zero-order valence-electron chi connectivity index (χ0n) is 15.7. The minimum absolute atomic E-state index is 0. The Kier molecular flexibility index (Phi) is 7.56. The van der Waals surface area contributed by atoms with E-state index in [1.165, 1.54) is 6.33 Å². The van der Waals surface area contributed by atoms with Gasteiger partial charge in [-0.25, -0.2) is 9.97 Å². The summed E-state index contributed by atoms with van der Waals surface area (Å²) in [7, 11) is -2.17. The highest BCUT2D eigenvalue weighted by Gasteiger charge is 2.18. The molecule has 0 spiro atoms. The summed E-state index contributed by atoms with van der Waals surface area (Å²) in [5, 5.41) is 4.94. The van der Waals surface area contributed by atoms with Crippen LogP contribution in [0.3, 0.4) is 0 Å². The third-order valence-electron chi connectivity index (χ3n) is 4.59. The molecule has 160 valence electrons. The molecule has 4 rings (SSSR count). The highest BCUT2D eigenvalue weighted by atomic mass is 32.2. The van der Waals surface area contributed by atoms with Crippen molar-refractivity contribution in [2.45, 2.75) is 39.5 Å². The predicted molar refractivity (Wildman–Crippen MR) is 115 cm³/mol. The molecular formula is C21H25N3O5S. The van der Waals surface area contributed by atoms with E-state index in [1.807, 2.05) is 30.3 Å². The Morgan fingerprint density at radius 2 is 2.10 bits per heavy atom. The third kappa shape index (κ3) is 5.44. The van der Waals surface area contributed by atoms with Crippen molar-refractivity contribution in [3.63, 3.8) is 0 Å². The summed E-state index contributed by atoms with van der Waals surface area (Å²) in [4.78, 5) is 8.61. The first kappa shape index (κ1) is 21.9. The van der Waals surface area contributed by atoms with Crippen molar-refractivity contribution in [2.24, 2.45) is 0 Å². The molecule has 0 aliphatic carbocycles. The van der Waals surface area contributed by atoms with Crippen LogP contribution in [0.2, 0.25) is 0 Å². The van der Waals surface area contributed by atoms with Crippen LogP contribution in [0.25, 0.3) is 22.2 Å². The van der Waals surface area contributed by atoms with Crippen molar-refractivity contribution < 1.29 is 22.3 Å². The first-order valence-corrected chi connectivity index (χ1v) is 10.6. The van der Waals surface area contributed by atoms with Crippen LogP contribution in [0.5, 0.6) is 5.88 Å². The number of hydrogen-bond acceptors (Lipinski definition) is 8. The molecule has 1 unspecified atom stereocenters. The Labute approximate surface area is 176 Å². The average Bonchev–Trinajstić information content (AvgIpc) is 3.21. The van der Waals surface area contributed by atoms with Gasteiger partial charge in [0.15, 0.2) is 0 Å². The minimum atomic E-state index is -2.17. The first-order chi connectivity index (χ1) is 14.2. The Morgan fingerprint density at radius 3 is 2.90 bits per heavy atom. The average molecular weight is 432 g/mol. The largest absolute Gasteiger partial charge is 0.460 e. The van der Waals surface area contributed by atoms with Crippen LogP contribution in [0.1, 0.15) is 32.4 Å². The van der Waals surface area contributed by atoms with Gasteiger partial charge in [0.05, 0.1) is 24.1 Å². The maximum absolute atomic E-state index is 10.5. The van der Waals surface area contributed by atoms with Crippen molar-refractivity contribution in [1.29, 1.82) is 0 Å². The second kappa shape index (κ2) is 10.3. The number of rotatable bonds is 7. The van der Waals surface area contributed by atoms with Gasteiger partial charge in [-0.1, -0.05) is 7.43 Å². The standard InChI is InChI=1S/C20H21N3O5S.CH4/c24-29(25)10-8-21-12-15-5-7-18(27-15)14-4-6-17-16(11-14)20(23-13-22-17)28-19-3-1-2-9-26-19;/h4-7,10-11,13,19,21H,1-3,8-9,12H2;1H4. The molecule has 1 aromatic carbocycles. The third-order valence-corrected chi connectivity index (χ3v) is 5.03. The summed E-state index contributed by atoms with van der Waals surface area (Å²) < 4.78 is 38.5. The van der Waals surface area contributed by atoms with Gasteiger partial charge in [-0.15, -0.1) is 0 Å². The maximum Gasteiger partial charge on any atom is 0.226 e. The van der Waals surface area contributed by atoms with E-state index in [2.05, 4.69) is 15.3 Å². The van der Waals surface area contributed by atoms with Gasteiger partial charge in [-0.3, -0.25) is 0 Å². The second-order valence-electron chi connectivity index (χ2n) is 6.65. The number of hydrogen-bond donors (Lipinski definition) is 1. The van der Waals surface area contributed by atoms with E-state index < -0.39 is 10.3 Å². The van der Waals surface area contributed by atoms with Crippen LogP contribution in [0.4, 0.5) is 0 Å². The highest BCUT2D eigenvalue weighted by Crippen LogP contribution is 2.30. The van der Waals surface area contributed by atoms with Crippen LogP contribution < -0.4 is 10.1 Å². The molecule has 3 heterocycles. The Bertz CT molecular complexity index is 1110. The maximum atomic E-state index is 10.5. The minimum Gasteiger partial charge on any atom is -0.460 e. The van der Waals surface area contributed by atoms with Gasteiger partial charge in [-0.2, -0.15) is 8.42 Å². The summed E-state index contributed by atoms with van der Waals surface area (Å²) in [6.07, 6.45) is 4.17. The molecule has 1 aliphatic heterocycles. The molecule has 0 bridgehead atoms. The van der Waals surface area contributed by atoms with E-state index in [0.29, 0.717) is 30.6 Å². The summed E-state index contributed by atoms with van der Waals surface area (Å²) in [5.74, 6) is 1.91. The molecule has 0 radical (unpaired) electrons. The second-order valence-corrected chi connectivity index (χ2v) is 7.50. The lowest BCUT2D eigenvalue weighted by molar-refractivity contribution is -0.107. The van der Waals surface area contributed by atoms with Crippen molar-refractivity contribution in [3.05, 3.63) is 42.4 Å². The monoisotopic (exact) mass is 431 g/mol. The number of benzene rings is 1. The molecule has 1 fully saturated rings. The van der Waals surface area contributed by atoms with E-state index in [4.69, 9.17) is 13.9 Å². The van der Waals surface area contributed by atoms with E-state index >= 15 is 0 Å². The van der Waals surface area contributed by atoms with E-state index in [9.17, 15) is 8.42 Å². The van der Waals surface area contributed by atoms with Crippen LogP contribution in [-0.4, -0.2) is 43.2 Å². The molecule has 1 aliphatic rings. The fourth-order valence-corrected chi connectivity index (χ4v) is 3.41. The first-order valence-electron chi connectivity index (χ1n) is 9.43. The van der Waals surface area contributed by atoms with Crippen LogP contribution in [0, 0.1) is 0 Å². The quantitative estimate of drug-likeness (QED) is 0.449. The van der Waals surface area contributed by atoms with Crippen molar-refractivity contribution in [2.75, 3.05) is 13.2 Å². The summed E-state index contributed by atoms with van der Waals surface area (Å²) in [6.45, 7) is 1.38. The molecular weight excluding hydrogens is 406 g/mol. The number of aromatic nitrogens is 2. The Balaban J connectivity index is 0.00000256. The Morgan fingerprint density at radius 1 is 1.20 bits per heavy atom. The molecule has 1 saturated heterocycles. The summed E-state index contributed by atoms with van der Waals surface area (Å²) in [6, 6.07) is 9.51. The summed E-state index contributed by atoms with van der Waals surface area (Å²) >= 11 is 0. The molecule has 8 nitrogen and oxygen atoms in total. The SMILES string of the molecule is C.O=S(=O)=CCNCc1ccc(-c2ccc3ncnc(OC4CCCCO4)c3c2)o1. The predicted octanol–water partition coefficient (Wildman–Crippen LogP) is 3.20. The van der Waals surface area contributed by atoms with E-state index in [-0.39, 0.29) is 20.3 Å². The topological polar surface area (TPSA) is 104 Å². The van der Waals surface area contributed by atoms with Gasteiger partial charge >= 0.3 is 0 Å². The van der Waals surface area contributed by atoms with Gasteiger partial charge in [0.1, 0.15) is 17.8 Å². The van der Waals surface area contributed by atoms with Gasteiger partial charge in [0, 0.05) is 23.9 Å². The van der Waals surface area contributed by atoms with Crippen LogP contribution in [0.15, 0.2) is 41.1 Å². The highest BCUT2D eigenvalue weighted by molar-refractivity contribution is 7.71. The lowest BCUT2D eigenvalue weighted by Gasteiger charge is -2.23. The molecule has 0 amide bonds. The molecule has 1 atom stereocenters. The van der Waals surface area contributed by atoms with Crippen LogP contribution in [-0.2, 0) is 21.6 Å². The van der Waals surface area contributed by atoms with E-state index in [0.717, 1.165) is 41.1 Å². The van der Waals surface area contributed by atoms with Gasteiger partial charge < -0.3 is 19.2 Å². The van der Waals surface area contributed by atoms with Crippen LogP contribution >= 0.6 is 0 Å². The number of nitrogens with one attached hydrogen (secondary N) is 1. The molecule has 1 N–H and O–H groups in total. The Hall–Kier alpha value is -2.75. The number of furan rings is 1. The molecule has 0 saturated carbocycles. The van der Waals surface area contributed by atoms with E-state index in [1.54, 1.807) is 0 Å². The number of fused-ring (bicyclic) bond motifs is 1. The molecule has 9 heteroatoms. The molecule has 30 heavy (non-hydrogen) atoms. The van der Waals surface area contributed by atoms with Crippen molar-refractivity contribution in [1.82, 2.24) is 15.3 Å². The lowest BCUT2D eigenvalue weighted by atomic mass is 10.1. The fourth-order valence-electron chi connectivity index (χ4n) is 3.16. The summed E-state index contributed by atoms with van der Waals surface area (Å²) in [5.41, 5.74) is 1.66. The lowest BCUT2D eigenvalue weighted by Crippen LogP contribution is -2.25. The van der Waals surface area contributed by atoms with Gasteiger partial charge in [0.25, 0.3) is 0 Å². The number of ether oxygens (including phenoxy) is 2. The number of nitrogens with zero attached hydrogens (tertiary/aromatic N) is 2. The molecule has 2 aromatic heterocycles. The van der Waals surface area contributed by atoms with Crippen molar-refractivity contribution in [3.8, 4) is 17.2 Å². The fraction of sp³-hybridized carbons (Fsp3) is 0.381. The van der Waals surface area contributed by atoms with Gasteiger partial charge in [-0.05, 0) is 43.2 Å². The molecule has 3 aromatic rings. The van der Waals surface area contributed by atoms with Gasteiger partial charge in [0.2, 0.25) is 22.5 Å². The normalized spacial score (nSPS) is 16.1. The zero-order valence-corrected chi connectivity index (χ0v) is 16.5. The van der Waals surface area contributed by atoms with Crippen molar-refractivity contribution >= 4 is 26.6 Å².